The lowest BCUT2D eigenvalue weighted by atomic mass is 9.72. The van der Waals surface area contributed by atoms with Crippen molar-refractivity contribution < 1.29 is 23.9 Å². The first kappa shape index (κ1) is 21.9. The van der Waals surface area contributed by atoms with Crippen molar-refractivity contribution in [1.82, 2.24) is 10.2 Å². The van der Waals surface area contributed by atoms with Gasteiger partial charge >= 0.3 is 5.97 Å². The van der Waals surface area contributed by atoms with Crippen LogP contribution in [0.1, 0.15) is 31.2 Å². The van der Waals surface area contributed by atoms with Crippen LogP contribution in [0.3, 0.4) is 0 Å². The molecule has 2 heterocycles. The first-order chi connectivity index (χ1) is 16.5. The Hall–Kier alpha value is -3.87. The third-order valence-corrected chi connectivity index (χ3v) is 6.53. The predicted molar refractivity (Wildman–Crippen MR) is 125 cm³/mol. The first-order valence-electron chi connectivity index (χ1n) is 11.4. The number of para-hydroxylation sites is 1. The van der Waals surface area contributed by atoms with Gasteiger partial charge in [-0.05, 0) is 42.2 Å². The molecular weight excluding hydrogens is 432 g/mol. The molecule has 7 heteroatoms. The Morgan fingerprint density at radius 2 is 1.79 bits per heavy atom. The van der Waals surface area contributed by atoms with E-state index < -0.39 is 11.9 Å². The quantitative estimate of drug-likeness (QED) is 0.704. The maximum atomic E-state index is 13.4. The lowest BCUT2D eigenvalue weighted by molar-refractivity contribution is -0.137. The van der Waals surface area contributed by atoms with E-state index in [1.54, 1.807) is 0 Å². The Morgan fingerprint density at radius 1 is 1.03 bits per heavy atom. The summed E-state index contributed by atoms with van der Waals surface area (Å²) in [6.45, 7) is 2.99. The van der Waals surface area contributed by atoms with Gasteiger partial charge in [-0.25, -0.2) is 4.79 Å². The summed E-state index contributed by atoms with van der Waals surface area (Å²) in [6.07, 6.45) is 1.07. The molecule has 1 fully saturated rings. The van der Waals surface area contributed by atoms with Crippen LogP contribution in [-0.4, -0.2) is 42.8 Å². The van der Waals surface area contributed by atoms with E-state index in [0.717, 1.165) is 5.70 Å². The number of methoxy groups -OCH3 is 1. The number of allylic oxidation sites excluding steroid dienone is 2. The Kier molecular flexibility index (Phi) is 5.69. The summed E-state index contributed by atoms with van der Waals surface area (Å²) in [5.74, 6) is -0.246. The summed E-state index contributed by atoms with van der Waals surface area (Å²) in [5, 5.41) is 2.85. The van der Waals surface area contributed by atoms with Crippen LogP contribution in [0.25, 0.3) is 0 Å². The molecule has 0 unspecified atom stereocenters. The SMILES string of the molecule is COC(=O)C1=C2C(=O)NCCN2C2=C(C(=O)C[C@@H](C)C2)[C@H]1c1cccc(Oc2ccccc2)c1. The second-order valence-electron chi connectivity index (χ2n) is 8.88. The average Bonchev–Trinajstić information content (AvgIpc) is 2.84. The van der Waals surface area contributed by atoms with Gasteiger partial charge in [0.05, 0.1) is 12.7 Å². The predicted octanol–water partition coefficient (Wildman–Crippen LogP) is 3.69. The minimum Gasteiger partial charge on any atom is -0.466 e. The van der Waals surface area contributed by atoms with Crippen molar-refractivity contribution in [2.45, 2.75) is 25.7 Å². The summed E-state index contributed by atoms with van der Waals surface area (Å²) >= 11 is 0. The summed E-state index contributed by atoms with van der Waals surface area (Å²) in [5.41, 5.74) is 2.58. The molecule has 0 saturated carbocycles. The Balaban J connectivity index is 1.69. The second-order valence-corrected chi connectivity index (χ2v) is 8.88. The molecule has 7 nitrogen and oxygen atoms in total. The van der Waals surface area contributed by atoms with Crippen molar-refractivity contribution in [1.29, 1.82) is 0 Å². The zero-order valence-electron chi connectivity index (χ0n) is 19.2. The van der Waals surface area contributed by atoms with Crippen molar-refractivity contribution in [3.8, 4) is 11.5 Å². The van der Waals surface area contributed by atoms with Crippen LogP contribution in [0.2, 0.25) is 0 Å². The Labute approximate surface area is 198 Å². The van der Waals surface area contributed by atoms with Gasteiger partial charge in [0.15, 0.2) is 5.78 Å². The number of nitrogens with one attached hydrogen (secondary N) is 1. The van der Waals surface area contributed by atoms with Crippen LogP contribution in [0.5, 0.6) is 11.5 Å². The molecule has 0 radical (unpaired) electrons. The van der Waals surface area contributed by atoms with E-state index in [1.165, 1.54) is 7.11 Å². The molecule has 34 heavy (non-hydrogen) atoms. The summed E-state index contributed by atoms with van der Waals surface area (Å²) in [4.78, 5) is 41.4. The molecule has 5 rings (SSSR count). The van der Waals surface area contributed by atoms with Gasteiger partial charge < -0.3 is 19.7 Å². The molecule has 0 aromatic heterocycles. The van der Waals surface area contributed by atoms with E-state index in [4.69, 9.17) is 9.47 Å². The minimum atomic E-state index is -0.711. The summed E-state index contributed by atoms with van der Waals surface area (Å²) in [6, 6.07) is 16.7. The average molecular weight is 459 g/mol. The topological polar surface area (TPSA) is 84.9 Å². The van der Waals surface area contributed by atoms with Gasteiger partial charge in [-0.1, -0.05) is 37.3 Å². The van der Waals surface area contributed by atoms with E-state index in [0.29, 0.717) is 48.6 Å². The van der Waals surface area contributed by atoms with Crippen molar-refractivity contribution in [2.75, 3.05) is 20.2 Å². The molecule has 0 bridgehead atoms. The number of hydrogen-bond acceptors (Lipinski definition) is 6. The Bertz CT molecular complexity index is 1230. The third-order valence-electron chi connectivity index (χ3n) is 6.53. The highest BCUT2D eigenvalue weighted by molar-refractivity contribution is 6.09. The molecule has 1 N–H and O–H groups in total. The molecule has 2 aromatic carbocycles. The van der Waals surface area contributed by atoms with E-state index in [-0.39, 0.29) is 28.9 Å². The smallest absolute Gasteiger partial charge is 0.337 e. The fourth-order valence-corrected chi connectivity index (χ4v) is 5.14. The molecule has 2 aliphatic heterocycles. The number of fused-ring (bicyclic) bond motifs is 2. The van der Waals surface area contributed by atoms with E-state index in [2.05, 4.69) is 5.32 Å². The molecule has 2 atom stereocenters. The van der Waals surface area contributed by atoms with Gasteiger partial charge in [-0.15, -0.1) is 0 Å². The second kappa shape index (κ2) is 8.82. The molecule has 1 aliphatic carbocycles. The number of carbonyl (C=O) groups is 3. The number of nitrogens with zero attached hydrogens (tertiary/aromatic N) is 1. The highest BCUT2D eigenvalue weighted by atomic mass is 16.5. The van der Waals surface area contributed by atoms with Gasteiger partial charge in [0, 0.05) is 36.7 Å². The molecule has 1 saturated heterocycles. The third kappa shape index (κ3) is 3.77. The van der Waals surface area contributed by atoms with E-state index in [1.807, 2.05) is 66.4 Å². The highest BCUT2D eigenvalue weighted by Crippen LogP contribution is 2.48. The summed E-state index contributed by atoms with van der Waals surface area (Å²) in [7, 11) is 1.29. The zero-order valence-corrected chi connectivity index (χ0v) is 19.2. The monoisotopic (exact) mass is 458 g/mol. The van der Waals surface area contributed by atoms with Crippen LogP contribution in [-0.2, 0) is 19.1 Å². The lowest BCUT2D eigenvalue weighted by Gasteiger charge is -2.44. The van der Waals surface area contributed by atoms with Crippen LogP contribution in [0.15, 0.2) is 77.1 Å². The van der Waals surface area contributed by atoms with Gasteiger partial charge in [0.1, 0.15) is 17.2 Å². The number of ketones is 1. The Morgan fingerprint density at radius 3 is 2.56 bits per heavy atom. The number of carbonyl (C=O) groups excluding carboxylic acids is 3. The molecular formula is C27H26N2O5. The van der Waals surface area contributed by atoms with Crippen molar-refractivity contribution in [3.63, 3.8) is 0 Å². The number of hydrogen-bond donors (Lipinski definition) is 1. The van der Waals surface area contributed by atoms with Crippen molar-refractivity contribution in [2.24, 2.45) is 5.92 Å². The summed E-state index contributed by atoms with van der Waals surface area (Å²) < 4.78 is 11.1. The normalized spacial score (nSPS) is 22.1. The number of rotatable bonds is 4. The maximum Gasteiger partial charge on any atom is 0.337 e. The molecule has 174 valence electrons. The van der Waals surface area contributed by atoms with Gasteiger partial charge in [-0.2, -0.15) is 0 Å². The van der Waals surface area contributed by atoms with Gasteiger partial charge in [0.2, 0.25) is 0 Å². The molecule has 0 spiro atoms. The first-order valence-corrected chi connectivity index (χ1v) is 11.4. The van der Waals surface area contributed by atoms with Gasteiger partial charge in [-0.3, -0.25) is 9.59 Å². The number of ether oxygens (including phenoxy) is 2. The lowest BCUT2D eigenvalue weighted by Crippen LogP contribution is -2.50. The number of esters is 1. The van der Waals surface area contributed by atoms with E-state index in [9.17, 15) is 14.4 Å². The fraction of sp³-hybridized carbons (Fsp3) is 0.296. The molecule has 1 amide bonds. The largest absolute Gasteiger partial charge is 0.466 e. The van der Waals surface area contributed by atoms with E-state index >= 15 is 0 Å². The number of amides is 1. The minimum absolute atomic E-state index is 0.000402. The van der Waals surface area contributed by atoms with Crippen LogP contribution in [0.4, 0.5) is 0 Å². The van der Waals surface area contributed by atoms with Crippen LogP contribution >= 0.6 is 0 Å². The van der Waals surface area contributed by atoms with Crippen LogP contribution < -0.4 is 10.1 Å². The number of Topliss-reactive ketones (excluding diaryl/α,β-unsaturated/α-hetero) is 1. The number of benzene rings is 2. The van der Waals surface area contributed by atoms with Crippen LogP contribution in [0, 0.1) is 5.92 Å². The molecule has 2 aromatic rings. The maximum absolute atomic E-state index is 13.4. The molecule has 3 aliphatic rings. The van der Waals surface area contributed by atoms with Crippen molar-refractivity contribution in [3.05, 3.63) is 82.7 Å². The zero-order chi connectivity index (χ0) is 23.8. The fourth-order valence-electron chi connectivity index (χ4n) is 5.14. The number of piperazine rings is 1. The van der Waals surface area contributed by atoms with Crippen molar-refractivity contribution >= 4 is 17.7 Å². The highest BCUT2D eigenvalue weighted by Gasteiger charge is 2.46. The standard InChI is InChI=1S/C27H26N2O5/c1-16-13-20-23(21(30)14-16)22(24(27(32)33-2)25-26(31)28-11-12-29(20)25)17-7-6-10-19(15-17)34-18-8-4-3-5-9-18/h3-10,15-16,22H,11-14H2,1-2H3,(H,28,31)/t16-,22+/m0/s1. The van der Waals surface area contributed by atoms with Gasteiger partial charge in [0.25, 0.3) is 5.91 Å².